The smallest absolute Gasteiger partial charge is 0.418 e. The molecule has 1 aliphatic heterocycles. The maximum atomic E-state index is 15.8. The average Bonchev–Trinajstić information content (AvgIpc) is 3.57. The van der Waals surface area contributed by atoms with Crippen molar-refractivity contribution in [1.29, 1.82) is 0 Å². The number of carboxylic acid groups (broad SMARTS) is 1. The Morgan fingerprint density at radius 1 is 1.20 bits per heavy atom. The van der Waals surface area contributed by atoms with Crippen LogP contribution in [0.4, 0.5) is 13.6 Å². The zero-order valence-corrected chi connectivity index (χ0v) is 30.8. The number of nitrogens with zero attached hydrogens (tertiary/aromatic N) is 5. The number of thioether (sulfide) groups is 1. The van der Waals surface area contributed by atoms with Crippen molar-refractivity contribution in [3.63, 3.8) is 0 Å². The van der Waals surface area contributed by atoms with Crippen LogP contribution in [-0.2, 0) is 26.4 Å². The minimum Gasteiger partial charge on any atom is -0.480 e. The molecule has 0 radical (unpaired) electrons. The van der Waals surface area contributed by atoms with Gasteiger partial charge in [-0.25, -0.2) is 33.4 Å². The van der Waals surface area contributed by atoms with Crippen molar-refractivity contribution < 1.29 is 42.1 Å². The Morgan fingerprint density at radius 3 is 2.58 bits per heavy atom. The third-order valence-electron chi connectivity index (χ3n) is 8.14. The maximum Gasteiger partial charge on any atom is 0.418 e. The van der Waals surface area contributed by atoms with Crippen molar-refractivity contribution >= 4 is 49.0 Å². The quantitative estimate of drug-likeness (QED) is 0.113. The fourth-order valence-electron chi connectivity index (χ4n) is 5.37. The minimum atomic E-state index is -1.46. The Balaban J connectivity index is 1.45. The average molecular weight is 730 g/mol. The van der Waals surface area contributed by atoms with Gasteiger partial charge in [0.15, 0.2) is 17.6 Å². The third kappa shape index (κ3) is 8.58. The van der Waals surface area contributed by atoms with Gasteiger partial charge in [0, 0.05) is 26.2 Å². The summed E-state index contributed by atoms with van der Waals surface area (Å²) < 4.78 is 51.9. The summed E-state index contributed by atoms with van der Waals surface area (Å²) in [5, 5.41) is 10.4. The molecular formula is C34H41F2N5O7SSi. The first-order chi connectivity index (χ1) is 23.4. The van der Waals surface area contributed by atoms with Crippen LogP contribution in [0.3, 0.4) is 0 Å². The van der Waals surface area contributed by atoms with Crippen molar-refractivity contribution in [3.05, 3.63) is 71.6 Å². The first-order valence-corrected chi connectivity index (χ1v) is 20.5. The molecule has 50 heavy (non-hydrogen) atoms. The number of fused-ring (bicyclic) bond motifs is 1. The number of carbonyl (C=O) groups excluding carboxylic acids is 1. The van der Waals surface area contributed by atoms with Gasteiger partial charge in [-0.15, -0.1) is 0 Å². The number of carboxylic acids is 1. The fourth-order valence-corrected chi connectivity index (χ4v) is 7.63. The number of benzene rings is 1. The van der Waals surface area contributed by atoms with Crippen LogP contribution in [-0.4, -0.2) is 73.9 Å². The van der Waals surface area contributed by atoms with Crippen molar-refractivity contribution in [3.8, 4) is 5.88 Å². The van der Waals surface area contributed by atoms with Crippen LogP contribution in [0.25, 0.3) is 11.9 Å². The van der Waals surface area contributed by atoms with Crippen molar-refractivity contribution in [2.24, 2.45) is 10.9 Å². The van der Waals surface area contributed by atoms with Crippen molar-refractivity contribution in [2.75, 3.05) is 13.3 Å². The van der Waals surface area contributed by atoms with E-state index in [1.54, 1.807) is 27.7 Å². The van der Waals surface area contributed by atoms with Crippen LogP contribution in [0.1, 0.15) is 56.8 Å². The number of ether oxygens (including phenoxy) is 3. The molecule has 1 aliphatic carbocycles. The first kappa shape index (κ1) is 37.1. The van der Waals surface area contributed by atoms with E-state index in [9.17, 15) is 14.7 Å². The monoisotopic (exact) mass is 729 g/mol. The fraction of sp³-hybridized carbons (Fsp3) is 0.471. The first-order valence-electron chi connectivity index (χ1n) is 16.0. The van der Waals surface area contributed by atoms with E-state index in [1.165, 1.54) is 54.0 Å². The summed E-state index contributed by atoms with van der Waals surface area (Å²) in [7, 11) is -1.46. The number of hydrogen-bond acceptors (Lipinski definition) is 11. The zero-order valence-electron chi connectivity index (χ0n) is 29.0. The summed E-state index contributed by atoms with van der Waals surface area (Å²) >= 11 is 0.936. The largest absolute Gasteiger partial charge is 0.480 e. The molecule has 3 heterocycles. The maximum absolute atomic E-state index is 15.8. The molecule has 2 aromatic heterocycles. The Hall–Kier alpha value is -4.15. The van der Waals surface area contributed by atoms with Gasteiger partial charge in [-0.2, -0.15) is 0 Å². The summed E-state index contributed by atoms with van der Waals surface area (Å²) in [5.74, 6) is -2.67. The summed E-state index contributed by atoms with van der Waals surface area (Å²) in [5.41, 5.74) is -2.07. The van der Waals surface area contributed by atoms with E-state index in [-0.39, 0.29) is 47.6 Å². The predicted molar refractivity (Wildman–Crippen MR) is 186 cm³/mol. The van der Waals surface area contributed by atoms with Gasteiger partial charge in [0.25, 0.3) is 0 Å². The number of oxazole rings is 1. The normalized spacial score (nSPS) is 22.0. The molecule has 0 bridgehead atoms. The van der Waals surface area contributed by atoms with Crippen molar-refractivity contribution in [2.45, 2.75) is 82.3 Å². The molecule has 1 N–H and O–H groups in total. The molecule has 0 saturated heterocycles. The topological polar surface area (TPSA) is 149 Å². The van der Waals surface area contributed by atoms with Gasteiger partial charge in [-0.3, -0.25) is 9.79 Å². The van der Waals surface area contributed by atoms with Crippen LogP contribution in [0, 0.1) is 11.7 Å². The number of hydrogen-bond donors (Lipinski definition) is 1. The zero-order chi connectivity index (χ0) is 36.5. The van der Waals surface area contributed by atoms with Gasteiger partial charge < -0.3 is 23.7 Å². The number of amidine groups is 1. The van der Waals surface area contributed by atoms with E-state index in [0.717, 1.165) is 17.8 Å². The molecule has 3 unspecified atom stereocenters. The second-order valence-corrected chi connectivity index (χ2v) is 21.5. The summed E-state index contributed by atoms with van der Waals surface area (Å²) in [6.07, 6.45) is 5.90. The number of aromatic nitrogens is 3. The Kier molecular flexibility index (Phi) is 10.6. The van der Waals surface area contributed by atoms with Gasteiger partial charge in [0.2, 0.25) is 11.8 Å². The van der Waals surface area contributed by atoms with E-state index >= 15 is 8.78 Å². The molecule has 1 aromatic carbocycles. The SMILES string of the molecule is CC(C)(C)OC(=O)N(COCC[Si](C)(C)C)C1=NC(C)(c2cc(/C=C(\F)c3cnc(OCc4ncco4)cn3)ccc2F)C2CC2(C(=O)O)S1. The molecule has 0 spiro atoms. The lowest BCUT2D eigenvalue weighted by atomic mass is 9.84. The van der Waals surface area contributed by atoms with Crippen molar-refractivity contribution in [1.82, 2.24) is 19.9 Å². The van der Waals surface area contributed by atoms with E-state index < -0.39 is 53.6 Å². The highest BCUT2D eigenvalue weighted by molar-refractivity contribution is 8.15. The standard InChI is InChI=1S/C34H41F2N5O7SSi/c1-32(2,3)48-31(44)41(20-45-12-13-50(5,6)7)30-40-33(4,26-16-34(26,49-30)29(42)43)22-14-21(8-9-23(22)35)15-24(36)25-17-39-27(18-38-25)47-19-28-37-10-11-46-28/h8-11,14-15,17-18,26H,12-13,16,19-20H2,1-7H3,(H,42,43)/b24-15-. The molecular weight excluding hydrogens is 689 g/mol. The highest BCUT2D eigenvalue weighted by atomic mass is 32.2. The number of rotatable bonds is 12. The third-order valence-corrected chi connectivity index (χ3v) is 11.3. The molecule has 5 rings (SSSR count). The second kappa shape index (κ2) is 14.2. The van der Waals surface area contributed by atoms with Gasteiger partial charge in [0.05, 0.1) is 24.1 Å². The molecule has 12 nitrogen and oxygen atoms in total. The van der Waals surface area contributed by atoms with Crippen LogP contribution >= 0.6 is 11.8 Å². The van der Waals surface area contributed by atoms with E-state index in [1.807, 2.05) is 0 Å². The summed E-state index contributed by atoms with van der Waals surface area (Å²) in [4.78, 5) is 44.4. The molecule has 3 aromatic rings. The van der Waals surface area contributed by atoms with Gasteiger partial charge in [-0.05, 0) is 63.9 Å². The van der Waals surface area contributed by atoms with E-state index in [4.69, 9.17) is 23.6 Å². The van der Waals surface area contributed by atoms with E-state index in [0.29, 0.717) is 12.5 Å². The number of halogens is 2. The van der Waals surface area contributed by atoms with E-state index in [2.05, 4.69) is 34.6 Å². The molecule has 268 valence electrons. The van der Waals surface area contributed by atoms with Crippen LogP contribution < -0.4 is 4.74 Å². The number of carbonyl (C=O) groups is 2. The lowest BCUT2D eigenvalue weighted by Crippen LogP contribution is -2.47. The van der Waals surface area contributed by atoms with Gasteiger partial charge in [-0.1, -0.05) is 37.5 Å². The summed E-state index contributed by atoms with van der Waals surface area (Å²) in [6.45, 7) is 13.5. The molecule has 3 atom stereocenters. The Labute approximate surface area is 294 Å². The van der Waals surface area contributed by atoms with Gasteiger partial charge in [0.1, 0.15) is 34.9 Å². The Morgan fingerprint density at radius 2 is 1.96 bits per heavy atom. The highest BCUT2D eigenvalue weighted by Gasteiger charge is 2.72. The minimum absolute atomic E-state index is 0.0183. The number of aliphatic imine (C=N–C) groups is 1. The molecule has 1 saturated carbocycles. The molecule has 1 fully saturated rings. The predicted octanol–water partition coefficient (Wildman–Crippen LogP) is 7.36. The second-order valence-electron chi connectivity index (χ2n) is 14.5. The van der Waals surface area contributed by atoms with Crippen LogP contribution in [0.15, 0.2) is 52.5 Å². The summed E-state index contributed by atoms with van der Waals surface area (Å²) in [6, 6.07) is 4.84. The highest BCUT2D eigenvalue weighted by Crippen LogP contribution is 2.66. The molecule has 1 amide bonds. The Bertz CT molecular complexity index is 1780. The number of aliphatic carboxylic acids is 1. The lowest BCUT2D eigenvalue weighted by molar-refractivity contribution is -0.137. The molecule has 2 aliphatic rings. The van der Waals surface area contributed by atoms with Crippen LogP contribution in [0.2, 0.25) is 25.7 Å². The number of amides is 1. The molecule has 16 heteroatoms. The lowest BCUT2D eigenvalue weighted by Gasteiger charge is -2.37. The van der Waals surface area contributed by atoms with Crippen LogP contribution in [0.5, 0.6) is 5.88 Å². The van der Waals surface area contributed by atoms with Gasteiger partial charge >= 0.3 is 12.1 Å².